The highest BCUT2D eigenvalue weighted by Gasteiger charge is 2.22. The van der Waals surface area contributed by atoms with Crippen LogP contribution in [0.3, 0.4) is 0 Å². The second kappa shape index (κ2) is 5.77. The normalized spacial score (nSPS) is 11.2. The molecule has 0 radical (unpaired) electrons. The maximum absolute atomic E-state index is 12.7. The molecule has 0 aliphatic rings. The Morgan fingerprint density at radius 3 is 2.33 bits per heavy atom. The van der Waals surface area contributed by atoms with E-state index in [2.05, 4.69) is 0 Å². The van der Waals surface area contributed by atoms with Gasteiger partial charge in [0.1, 0.15) is 5.75 Å². The van der Waals surface area contributed by atoms with Crippen molar-refractivity contribution in [3.63, 3.8) is 0 Å². The van der Waals surface area contributed by atoms with Gasteiger partial charge in [-0.25, -0.2) is 8.42 Å². The van der Waals surface area contributed by atoms with Crippen molar-refractivity contribution in [3.8, 4) is 5.75 Å². The molecular weight excluding hydrogens is 286 g/mol. The summed E-state index contributed by atoms with van der Waals surface area (Å²) in [6.45, 7) is 3.76. The van der Waals surface area contributed by atoms with E-state index < -0.39 is 10.0 Å². The first-order valence-electron chi connectivity index (χ1n) is 6.56. The summed E-state index contributed by atoms with van der Waals surface area (Å²) in [5.41, 5.74) is 2.44. The Balaban J connectivity index is 2.44. The minimum atomic E-state index is -3.58. The van der Waals surface area contributed by atoms with Gasteiger partial charge in [-0.3, -0.25) is 4.31 Å². The first kappa shape index (κ1) is 15.4. The molecule has 2 aromatic carbocycles. The summed E-state index contributed by atoms with van der Waals surface area (Å²) in [6.07, 6.45) is 0. The zero-order chi connectivity index (χ0) is 15.6. The molecule has 0 unspecified atom stereocenters. The Hall–Kier alpha value is -2.01. The third kappa shape index (κ3) is 3.03. The molecule has 5 heteroatoms. The SMILES string of the molecule is COc1ccc(S(=O)(=O)N(C)c2cccc(C)c2)cc1C. The molecule has 0 N–H and O–H groups in total. The Morgan fingerprint density at radius 1 is 1.05 bits per heavy atom. The van der Waals surface area contributed by atoms with Crippen LogP contribution in [0.5, 0.6) is 5.75 Å². The van der Waals surface area contributed by atoms with Gasteiger partial charge in [-0.2, -0.15) is 0 Å². The summed E-state index contributed by atoms with van der Waals surface area (Å²) < 4.78 is 31.8. The predicted octanol–water partition coefficient (Wildman–Crippen LogP) is 3.14. The lowest BCUT2D eigenvalue weighted by molar-refractivity contribution is 0.411. The minimum absolute atomic E-state index is 0.254. The molecule has 0 saturated carbocycles. The van der Waals surface area contributed by atoms with E-state index in [1.54, 1.807) is 38.4 Å². The fourth-order valence-corrected chi connectivity index (χ4v) is 3.41. The number of hydrogen-bond acceptors (Lipinski definition) is 3. The summed E-state index contributed by atoms with van der Waals surface area (Å²) in [6, 6.07) is 12.3. The maximum atomic E-state index is 12.7. The van der Waals surface area contributed by atoms with Gasteiger partial charge in [-0.1, -0.05) is 12.1 Å². The standard InChI is InChI=1S/C16H19NO3S/c1-12-6-5-7-14(10-12)17(3)21(18,19)15-8-9-16(20-4)13(2)11-15/h5-11H,1-4H3. The van der Waals surface area contributed by atoms with Crippen molar-refractivity contribution >= 4 is 15.7 Å². The highest BCUT2D eigenvalue weighted by atomic mass is 32.2. The summed E-state index contributed by atoms with van der Waals surface area (Å²) in [4.78, 5) is 0.254. The molecule has 0 aliphatic heterocycles. The van der Waals surface area contributed by atoms with Crippen molar-refractivity contribution in [3.05, 3.63) is 53.6 Å². The molecule has 2 rings (SSSR count). The highest BCUT2D eigenvalue weighted by molar-refractivity contribution is 7.92. The van der Waals surface area contributed by atoms with Crippen LogP contribution in [0.4, 0.5) is 5.69 Å². The molecule has 21 heavy (non-hydrogen) atoms. The van der Waals surface area contributed by atoms with Crippen LogP contribution in [0.1, 0.15) is 11.1 Å². The number of anilines is 1. The molecule has 0 fully saturated rings. The van der Waals surface area contributed by atoms with Gasteiger partial charge in [0.05, 0.1) is 17.7 Å². The number of hydrogen-bond donors (Lipinski definition) is 0. The lowest BCUT2D eigenvalue weighted by atomic mass is 10.2. The first-order chi connectivity index (χ1) is 9.86. The van der Waals surface area contributed by atoms with Crippen LogP contribution in [0.2, 0.25) is 0 Å². The van der Waals surface area contributed by atoms with E-state index in [1.807, 2.05) is 32.0 Å². The number of ether oxygens (including phenoxy) is 1. The van der Waals surface area contributed by atoms with Gasteiger partial charge in [0.15, 0.2) is 0 Å². The minimum Gasteiger partial charge on any atom is -0.496 e. The molecule has 0 spiro atoms. The Bertz CT molecular complexity index is 754. The number of nitrogens with zero attached hydrogens (tertiary/aromatic N) is 1. The van der Waals surface area contributed by atoms with Crippen molar-refractivity contribution < 1.29 is 13.2 Å². The van der Waals surface area contributed by atoms with E-state index in [0.29, 0.717) is 11.4 Å². The smallest absolute Gasteiger partial charge is 0.264 e. The van der Waals surface area contributed by atoms with Gasteiger partial charge in [-0.15, -0.1) is 0 Å². The molecule has 0 saturated heterocycles. The molecule has 4 nitrogen and oxygen atoms in total. The topological polar surface area (TPSA) is 46.6 Å². The lowest BCUT2D eigenvalue weighted by Crippen LogP contribution is -2.26. The third-order valence-corrected chi connectivity index (χ3v) is 5.17. The lowest BCUT2D eigenvalue weighted by Gasteiger charge is -2.20. The number of rotatable bonds is 4. The van der Waals surface area contributed by atoms with Crippen LogP contribution in [0, 0.1) is 13.8 Å². The van der Waals surface area contributed by atoms with Crippen LogP contribution in [-0.4, -0.2) is 22.6 Å². The van der Waals surface area contributed by atoms with Gasteiger partial charge >= 0.3 is 0 Å². The number of benzene rings is 2. The van der Waals surface area contributed by atoms with Gasteiger partial charge in [0, 0.05) is 7.05 Å². The third-order valence-electron chi connectivity index (χ3n) is 3.39. The molecule has 2 aromatic rings. The molecule has 0 heterocycles. The van der Waals surface area contributed by atoms with E-state index in [4.69, 9.17) is 4.74 Å². The average Bonchev–Trinajstić information content (AvgIpc) is 2.46. The molecular formula is C16H19NO3S. The molecule has 0 aromatic heterocycles. The van der Waals surface area contributed by atoms with Gasteiger partial charge in [0.25, 0.3) is 10.0 Å². The molecule has 0 amide bonds. The van der Waals surface area contributed by atoms with Crippen LogP contribution in [0.25, 0.3) is 0 Å². The van der Waals surface area contributed by atoms with E-state index in [1.165, 1.54) is 4.31 Å². The van der Waals surface area contributed by atoms with E-state index in [-0.39, 0.29) is 4.90 Å². The van der Waals surface area contributed by atoms with Gasteiger partial charge in [-0.05, 0) is 55.3 Å². The second-order valence-electron chi connectivity index (χ2n) is 4.94. The largest absolute Gasteiger partial charge is 0.496 e. The van der Waals surface area contributed by atoms with Crippen molar-refractivity contribution in [2.24, 2.45) is 0 Å². The fourth-order valence-electron chi connectivity index (χ4n) is 2.13. The van der Waals surface area contributed by atoms with Gasteiger partial charge in [0.2, 0.25) is 0 Å². The number of methoxy groups -OCH3 is 1. The first-order valence-corrected chi connectivity index (χ1v) is 8.00. The van der Waals surface area contributed by atoms with Crippen molar-refractivity contribution in [1.82, 2.24) is 0 Å². The van der Waals surface area contributed by atoms with Crippen molar-refractivity contribution in [2.75, 3.05) is 18.5 Å². The zero-order valence-corrected chi connectivity index (χ0v) is 13.4. The monoisotopic (exact) mass is 305 g/mol. The molecule has 0 aliphatic carbocycles. The second-order valence-corrected chi connectivity index (χ2v) is 6.91. The Labute approximate surface area is 126 Å². The number of aryl methyl sites for hydroxylation is 2. The average molecular weight is 305 g/mol. The summed E-state index contributed by atoms with van der Waals surface area (Å²) in [7, 11) is -0.454. The number of sulfonamides is 1. The van der Waals surface area contributed by atoms with Crippen molar-refractivity contribution in [2.45, 2.75) is 18.7 Å². The quantitative estimate of drug-likeness (QED) is 0.872. The van der Waals surface area contributed by atoms with E-state index in [0.717, 1.165) is 11.1 Å². The fraction of sp³-hybridized carbons (Fsp3) is 0.250. The molecule has 112 valence electrons. The molecule has 0 bridgehead atoms. The Kier molecular flexibility index (Phi) is 4.23. The highest BCUT2D eigenvalue weighted by Crippen LogP contribution is 2.26. The zero-order valence-electron chi connectivity index (χ0n) is 12.6. The molecule has 0 atom stereocenters. The van der Waals surface area contributed by atoms with Crippen LogP contribution in [0.15, 0.2) is 47.4 Å². The maximum Gasteiger partial charge on any atom is 0.264 e. The van der Waals surface area contributed by atoms with E-state index >= 15 is 0 Å². The summed E-state index contributed by atoms with van der Waals surface area (Å²) >= 11 is 0. The predicted molar refractivity (Wildman–Crippen MR) is 84.5 cm³/mol. The summed E-state index contributed by atoms with van der Waals surface area (Å²) in [5, 5.41) is 0. The van der Waals surface area contributed by atoms with E-state index in [9.17, 15) is 8.42 Å². The van der Waals surface area contributed by atoms with Crippen LogP contribution < -0.4 is 9.04 Å². The summed E-state index contributed by atoms with van der Waals surface area (Å²) in [5.74, 6) is 0.673. The van der Waals surface area contributed by atoms with Crippen molar-refractivity contribution in [1.29, 1.82) is 0 Å². The van der Waals surface area contributed by atoms with Gasteiger partial charge < -0.3 is 4.74 Å². The Morgan fingerprint density at radius 2 is 1.76 bits per heavy atom. The van der Waals surface area contributed by atoms with Crippen LogP contribution in [-0.2, 0) is 10.0 Å². The van der Waals surface area contributed by atoms with Crippen LogP contribution >= 0.6 is 0 Å².